The highest BCUT2D eigenvalue weighted by Crippen LogP contribution is 2.45. The molecule has 1 saturated carbocycles. The first-order valence-electron chi connectivity index (χ1n) is 7.04. The second kappa shape index (κ2) is 5.38. The van der Waals surface area contributed by atoms with Gasteiger partial charge in [0.2, 0.25) is 0 Å². The number of aliphatic carboxylic acids is 1. The second-order valence-electron chi connectivity index (χ2n) is 6.24. The molecule has 3 nitrogen and oxygen atoms in total. The number of carboxylic acids is 1. The summed E-state index contributed by atoms with van der Waals surface area (Å²) in [6.45, 7) is 5.95. The Morgan fingerprint density at radius 3 is 2.53 bits per heavy atom. The van der Waals surface area contributed by atoms with Gasteiger partial charge in [-0.3, -0.25) is 4.79 Å². The fraction of sp³-hybridized carbons (Fsp3) is 0.929. The van der Waals surface area contributed by atoms with Crippen LogP contribution in [0.25, 0.3) is 0 Å². The van der Waals surface area contributed by atoms with Crippen LogP contribution < -0.4 is 0 Å². The van der Waals surface area contributed by atoms with Crippen molar-refractivity contribution < 1.29 is 9.90 Å². The summed E-state index contributed by atoms with van der Waals surface area (Å²) >= 11 is 0. The molecule has 1 saturated heterocycles. The molecular weight excluding hydrogens is 214 g/mol. The van der Waals surface area contributed by atoms with Crippen LogP contribution in [-0.4, -0.2) is 35.6 Å². The molecule has 1 unspecified atom stereocenters. The number of carboxylic acid groups (broad SMARTS) is 1. The number of likely N-dealkylation sites (tertiary alicyclic amines) is 1. The fourth-order valence-corrected chi connectivity index (χ4v) is 3.42. The molecule has 17 heavy (non-hydrogen) atoms. The molecule has 0 bridgehead atoms. The quantitative estimate of drug-likeness (QED) is 0.775. The lowest BCUT2D eigenvalue weighted by atomic mass is 9.78. The van der Waals surface area contributed by atoms with Gasteiger partial charge < -0.3 is 10.0 Å². The van der Waals surface area contributed by atoms with E-state index in [2.05, 4.69) is 11.8 Å². The van der Waals surface area contributed by atoms with E-state index in [1.807, 2.05) is 0 Å². The van der Waals surface area contributed by atoms with Crippen LogP contribution in [0.15, 0.2) is 0 Å². The Hall–Kier alpha value is -0.570. The standard InChI is InChI=1S/C14H25NO2/c1-12(4-5-13(16)17)6-9-15-10-14(11-15)7-2-3-8-14/h12H,2-11H2,1H3,(H,16,17). The smallest absolute Gasteiger partial charge is 0.303 e. The van der Waals surface area contributed by atoms with E-state index in [9.17, 15) is 4.79 Å². The molecule has 0 radical (unpaired) electrons. The Kier molecular flexibility index (Phi) is 4.08. The lowest BCUT2D eigenvalue weighted by molar-refractivity contribution is -0.137. The minimum atomic E-state index is -0.661. The molecule has 0 aromatic rings. The molecule has 98 valence electrons. The topological polar surface area (TPSA) is 40.5 Å². The molecule has 1 atom stereocenters. The van der Waals surface area contributed by atoms with Crippen LogP contribution in [0.4, 0.5) is 0 Å². The van der Waals surface area contributed by atoms with Gasteiger partial charge in [0.1, 0.15) is 0 Å². The van der Waals surface area contributed by atoms with E-state index >= 15 is 0 Å². The minimum Gasteiger partial charge on any atom is -0.481 e. The Labute approximate surface area is 104 Å². The Bertz CT molecular complexity index is 263. The predicted molar refractivity (Wildman–Crippen MR) is 68.0 cm³/mol. The van der Waals surface area contributed by atoms with Crippen molar-refractivity contribution in [3.63, 3.8) is 0 Å². The van der Waals surface area contributed by atoms with E-state index in [4.69, 9.17) is 5.11 Å². The summed E-state index contributed by atoms with van der Waals surface area (Å²) in [5.74, 6) is -0.114. The zero-order valence-corrected chi connectivity index (χ0v) is 11.0. The fourth-order valence-electron chi connectivity index (χ4n) is 3.42. The van der Waals surface area contributed by atoms with Crippen molar-refractivity contribution in [2.75, 3.05) is 19.6 Å². The molecule has 2 fully saturated rings. The maximum absolute atomic E-state index is 10.5. The molecule has 0 amide bonds. The first kappa shape index (κ1) is 12.9. The molecule has 1 N–H and O–H groups in total. The average Bonchev–Trinajstić information content (AvgIpc) is 2.70. The van der Waals surface area contributed by atoms with E-state index in [0.717, 1.165) is 12.8 Å². The summed E-state index contributed by atoms with van der Waals surface area (Å²) in [7, 11) is 0. The maximum atomic E-state index is 10.5. The van der Waals surface area contributed by atoms with Gasteiger partial charge in [-0.2, -0.15) is 0 Å². The van der Waals surface area contributed by atoms with Gasteiger partial charge in [-0.15, -0.1) is 0 Å². The molecule has 0 aromatic heterocycles. The van der Waals surface area contributed by atoms with Crippen molar-refractivity contribution in [2.24, 2.45) is 11.3 Å². The summed E-state index contributed by atoms with van der Waals surface area (Å²) < 4.78 is 0. The van der Waals surface area contributed by atoms with Gasteiger partial charge in [-0.25, -0.2) is 0 Å². The first-order valence-corrected chi connectivity index (χ1v) is 7.04. The lowest BCUT2D eigenvalue weighted by Crippen LogP contribution is -2.55. The van der Waals surface area contributed by atoms with Gasteiger partial charge in [0.15, 0.2) is 0 Å². The molecule has 2 rings (SSSR count). The van der Waals surface area contributed by atoms with Gasteiger partial charge in [0.25, 0.3) is 0 Å². The molecule has 0 aromatic carbocycles. The van der Waals surface area contributed by atoms with Crippen LogP contribution in [0.2, 0.25) is 0 Å². The molecule has 3 heteroatoms. The summed E-state index contributed by atoms with van der Waals surface area (Å²) in [5.41, 5.74) is 0.699. The summed E-state index contributed by atoms with van der Waals surface area (Å²) in [6, 6.07) is 0. The van der Waals surface area contributed by atoms with Gasteiger partial charge in [0, 0.05) is 19.5 Å². The first-order chi connectivity index (χ1) is 8.10. The van der Waals surface area contributed by atoms with E-state index in [1.165, 1.54) is 45.3 Å². The van der Waals surface area contributed by atoms with E-state index < -0.39 is 5.97 Å². The van der Waals surface area contributed by atoms with Gasteiger partial charge in [0.05, 0.1) is 0 Å². The van der Waals surface area contributed by atoms with E-state index in [0.29, 0.717) is 17.8 Å². The number of nitrogens with zero attached hydrogens (tertiary/aromatic N) is 1. The third kappa shape index (κ3) is 3.44. The highest BCUT2D eigenvalue weighted by Gasteiger charge is 2.43. The summed E-state index contributed by atoms with van der Waals surface area (Å²) in [5, 5.41) is 8.63. The second-order valence-corrected chi connectivity index (χ2v) is 6.24. The number of rotatable bonds is 6. The minimum absolute atomic E-state index is 0.325. The Balaban J connectivity index is 1.56. The molecule has 1 aliphatic heterocycles. The monoisotopic (exact) mass is 239 g/mol. The van der Waals surface area contributed by atoms with E-state index in [-0.39, 0.29) is 0 Å². The lowest BCUT2D eigenvalue weighted by Gasteiger charge is -2.48. The van der Waals surface area contributed by atoms with Crippen LogP contribution in [-0.2, 0) is 4.79 Å². The molecule has 1 spiro atoms. The molecule has 1 heterocycles. The summed E-state index contributed by atoms with van der Waals surface area (Å²) in [6.07, 6.45) is 8.06. The zero-order valence-electron chi connectivity index (χ0n) is 11.0. The van der Waals surface area contributed by atoms with Crippen LogP contribution >= 0.6 is 0 Å². The predicted octanol–water partition coefficient (Wildman–Crippen LogP) is 2.75. The van der Waals surface area contributed by atoms with Crippen molar-refractivity contribution >= 4 is 5.97 Å². The van der Waals surface area contributed by atoms with Crippen molar-refractivity contribution in [2.45, 2.75) is 51.9 Å². The highest BCUT2D eigenvalue weighted by atomic mass is 16.4. The number of hydrogen-bond acceptors (Lipinski definition) is 2. The third-order valence-electron chi connectivity index (χ3n) is 4.57. The van der Waals surface area contributed by atoms with Crippen molar-refractivity contribution in [3.05, 3.63) is 0 Å². The Morgan fingerprint density at radius 1 is 1.29 bits per heavy atom. The normalized spacial score (nSPS) is 24.8. The third-order valence-corrected chi connectivity index (χ3v) is 4.57. The van der Waals surface area contributed by atoms with E-state index in [1.54, 1.807) is 0 Å². The average molecular weight is 239 g/mol. The van der Waals surface area contributed by atoms with Crippen LogP contribution in [0.3, 0.4) is 0 Å². The number of hydrogen-bond donors (Lipinski definition) is 1. The van der Waals surface area contributed by atoms with Crippen LogP contribution in [0.1, 0.15) is 51.9 Å². The molecular formula is C14H25NO2. The van der Waals surface area contributed by atoms with Crippen LogP contribution in [0.5, 0.6) is 0 Å². The van der Waals surface area contributed by atoms with Crippen molar-refractivity contribution in [1.82, 2.24) is 4.90 Å². The van der Waals surface area contributed by atoms with Gasteiger partial charge >= 0.3 is 5.97 Å². The molecule has 1 aliphatic carbocycles. The van der Waals surface area contributed by atoms with Crippen molar-refractivity contribution in [3.8, 4) is 0 Å². The van der Waals surface area contributed by atoms with Gasteiger partial charge in [-0.05, 0) is 43.6 Å². The molecule has 2 aliphatic rings. The van der Waals surface area contributed by atoms with Crippen LogP contribution in [0, 0.1) is 11.3 Å². The number of carbonyl (C=O) groups is 1. The van der Waals surface area contributed by atoms with Gasteiger partial charge in [-0.1, -0.05) is 19.8 Å². The zero-order chi connectivity index (χ0) is 12.3. The Morgan fingerprint density at radius 2 is 1.94 bits per heavy atom. The summed E-state index contributed by atoms with van der Waals surface area (Å²) in [4.78, 5) is 13.0. The maximum Gasteiger partial charge on any atom is 0.303 e. The van der Waals surface area contributed by atoms with Crippen molar-refractivity contribution in [1.29, 1.82) is 0 Å². The highest BCUT2D eigenvalue weighted by molar-refractivity contribution is 5.66. The SMILES string of the molecule is CC(CCC(=O)O)CCN1CC2(CCCC2)C1. The largest absolute Gasteiger partial charge is 0.481 e.